The lowest BCUT2D eigenvalue weighted by Crippen LogP contribution is -2.37. The van der Waals surface area contributed by atoms with Crippen LogP contribution in [0.25, 0.3) is 6.08 Å². The summed E-state index contributed by atoms with van der Waals surface area (Å²) in [6.45, 7) is 2.91. The molecule has 1 N–H and O–H groups in total. The Labute approximate surface area is 188 Å². The average Bonchev–Trinajstić information content (AvgIpc) is 2.73. The summed E-state index contributed by atoms with van der Waals surface area (Å²) in [7, 11) is 1.40. The molecule has 0 unspecified atom stereocenters. The maximum absolute atomic E-state index is 12.2. The molecule has 33 heavy (non-hydrogen) atoms. The first-order valence-corrected chi connectivity index (χ1v) is 9.75. The van der Waals surface area contributed by atoms with Crippen molar-refractivity contribution < 1.29 is 37.0 Å². The molecule has 0 heterocycles. The topological polar surface area (TPSA) is 84.9 Å². The number of amides is 2. The third-order valence-electron chi connectivity index (χ3n) is 4.42. The van der Waals surface area contributed by atoms with Crippen molar-refractivity contribution in [2.24, 2.45) is 0 Å². The van der Waals surface area contributed by atoms with Gasteiger partial charge in [-0.05, 0) is 48.7 Å². The second kappa shape index (κ2) is 11.2. The molecule has 0 aromatic heterocycles. The minimum absolute atomic E-state index is 0.230. The molecule has 0 atom stereocenters. The lowest BCUT2D eigenvalue weighted by Gasteiger charge is -2.18. The fourth-order valence-corrected chi connectivity index (χ4v) is 2.73. The van der Waals surface area contributed by atoms with Gasteiger partial charge in [-0.15, -0.1) is 13.2 Å². The molecule has 0 aliphatic heterocycles. The number of hydrogen-bond donors (Lipinski definition) is 1. The standard InChI is InChI=1S/C23H23F3N2O5/c1-15-5-4-6-16(2)22(15)27-19(29)13-28(3)20(30)14-32-21(31)12-9-17-7-10-18(11-8-17)33-23(24,25)26/h4-12H,13-14H2,1-3H3,(H,27,29)/b12-9+. The molecule has 0 bridgehead atoms. The van der Waals surface area contributed by atoms with E-state index in [1.807, 2.05) is 32.0 Å². The van der Waals surface area contributed by atoms with Crippen LogP contribution < -0.4 is 10.1 Å². The van der Waals surface area contributed by atoms with Crippen LogP contribution in [0.1, 0.15) is 16.7 Å². The molecule has 0 aliphatic carbocycles. The van der Waals surface area contributed by atoms with Crippen molar-refractivity contribution >= 4 is 29.5 Å². The second-order valence-electron chi connectivity index (χ2n) is 7.12. The molecule has 0 radical (unpaired) electrons. The quantitative estimate of drug-likeness (QED) is 0.474. The number of esters is 1. The van der Waals surface area contributed by atoms with Crippen LogP contribution in [0.15, 0.2) is 48.5 Å². The molecule has 7 nitrogen and oxygen atoms in total. The highest BCUT2D eigenvalue weighted by molar-refractivity contribution is 5.96. The normalized spacial score (nSPS) is 11.2. The number of carbonyl (C=O) groups is 3. The van der Waals surface area contributed by atoms with Gasteiger partial charge in [0, 0.05) is 18.8 Å². The van der Waals surface area contributed by atoms with Crippen molar-refractivity contribution in [1.82, 2.24) is 4.90 Å². The van der Waals surface area contributed by atoms with E-state index in [0.29, 0.717) is 11.3 Å². The van der Waals surface area contributed by atoms with Crippen molar-refractivity contribution in [3.8, 4) is 5.75 Å². The van der Waals surface area contributed by atoms with Crippen LogP contribution in [0.5, 0.6) is 5.75 Å². The van der Waals surface area contributed by atoms with Gasteiger partial charge >= 0.3 is 12.3 Å². The highest BCUT2D eigenvalue weighted by Gasteiger charge is 2.30. The summed E-state index contributed by atoms with van der Waals surface area (Å²) < 4.78 is 45.1. The molecule has 2 aromatic carbocycles. The maximum Gasteiger partial charge on any atom is 0.573 e. The van der Waals surface area contributed by atoms with Gasteiger partial charge in [0.2, 0.25) is 5.91 Å². The molecule has 10 heteroatoms. The Morgan fingerprint density at radius 3 is 2.21 bits per heavy atom. The molecule has 0 aliphatic rings. The number of aryl methyl sites for hydroxylation is 2. The summed E-state index contributed by atoms with van der Waals surface area (Å²) in [6, 6.07) is 10.4. The average molecular weight is 464 g/mol. The maximum atomic E-state index is 12.2. The van der Waals surface area contributed by atoms with Gasteiger partial charge in [-0.1, -0.05) is 30.3 Å². The Balaban J connectivity index is 1.79. The number of anilines is 1. The van der Waals surface area contributed by atoms with Gasteiger partial charge in [0.05, 0.1) is 6.54 Å². The summed E-state index contributed by atoms with van der Waals surface area (Å²) in [6.07, 6.45) is -2.45. The van der Waals surface area contributed by atoms with E-state index in [1.165, 1.54) is 25.3 Å². The third-order valence-corrected chi connectivity index (χ3v) is 4.42. The lowest BCUT2D eigenvalue weighted by atomic mass is 10.1. The third kappa shape index (κ3) is 8.68. The number of hydrogen-bond acceptors (Lipinski definition) is 5. The molecule has 0 saturated carbocycles. The van der Waals surface area contributed by atoms with Gasteiger partial charge in [-0.2, -0.15) is 0 Å². The van der Waals surface area contributed by atoms with E-state index in [2.05, 4.69) is 10.1 Å². The van der Waals surface area contributed by atoms with Gasteiger partial charge in [0.25, 0.3) is 5.91 Å². The minimum Gasteiger partial charge on any atom is -0.452 e. The van der Waals surface area contributed by atoms with Crippen LogP contribution in [0.4, 0.5) is 18.9 Å². The van der Waals surface area contributed by atoms with Gasteiger partial charge in [0.15, 0.2) is 6.61 Å². The molecule has 0 saturated heterocycles. The molecule has 176 valence electrons. The number of nitrogens with zero attached hydrogens (tertiary/aromatic N) is 1. The Morgan fingerprint density at radius 2 is 1.64 bits per heavy atom. The molecule has 0 fully saturated rings. The number of likely N-dealkylation sites (N-methyl/N-ethyl adjacent to an activating group) is 1. The van der Waals surface area contributed by atoms with Crippen molar-refractivity contribution in [3.05, 3.63) is 65.2 Å². The smallest absolute Gasteiger partial charge is 0.452 e. The number of nitrogens with one attached hydrogen (secondary N) is 1. The number of benzene rings is 2. The predicted molar refractivity (Wildman–Crippen MR) is 115 cm³/mol. The number of rotatable bonds is 8. The molecule has 2 aromatic rings. The molecular formula is C23H23F3N2O5. The lowest BCUT2D eigenvalue weighted by molar-refractivity contribution is -0.274. The van der Waals surface area contributed by atoms with Crippen molar-refractivity contribution in [3.63, 3.8) is 0 Å². The van der Waals surface area contributed by atoms with Crippen molar-refractivity contribution in [2.75, 3.05) is 25.5 Å². The van der Waals surface area contributed by atoms with Crippen LogP contribution in [0.2, 0.25) is 0 Å². The summed E-state index contributed by atoms with van der Waals surface area (Å²) in [4.78, 5) is 37.3. The fourth-order valence-electron chi connectivity index (χ4n) is 2.73. The number of ether oxygens (including phenoxy) is 2. The zero-order chi connectivity index (χ0) is 24.6. The summed E-state index contributed by atoms with van der Waals surface area (Å²) in [5.74, 6) is -2.20. The van der Waals surface area contributed by atoms with E-state index in [4.69, 9.17) is 4.74 Å². The Bertz CT molecular complexity index is 1010. The summed E-state index contributed by atoms with van der Waals surface area (Å²) >= 11 is 0. The summed E-state index contributed by atoms with van der Waals surface area (Å²) in [5.41, 5.74) is 2.88. The Kier molecular flexibility index (Phi) is 8.61. The van der Waals surface area contributed by atoms with Crippen molar-refractivity contribution in [2.45, 2.75) is 20.2 Å². The first kappa shape index (κ1) is 25.4. The van der Waals surface area contributed by atoms with Gasteiger partial charge in [-0.3, -0.25) is 9.59 Å². The zero-order valence-corrected chi connectivity index (χ0v) is 18.2. The van der Waals surface area contributed by atoms with Crippen LogP contribution in [0, 0.1) is 13.8 Å². The van der Waals surface area contributed by atoms with Crippen LogP contribution >= 0.6 is 0 Å². The minimum atomic E-state index is -4.79. The summed E-state index contributed by atoms with van der Waals surface area (Å²) in [5, 5.41) is 2.76. The number of para-hydroxylation sites is 1. The van der Waals surface area contributed by atoms with Gasteiger partial charge in [-0.25, -0.2) is 4.79 Å². The van der Waals surface area contributed by atoms with Crippen LogP contribution in [-0.2, 0) is 19.1 Å². The monoisotopic (exact) mass is 464 g/mol. The number of carbonyl (C=O) groups excluding carboxylic acids is 3. The molecule has 0 spiro atoms. The first-order valence-electron chi connectivity index (χ1n) is 9.75. The van der Waals surface area contributed by atoms with E-state index in [-0.39, 0.29) is 6.54 Å². The van der Waals surface area contributed by atoms with E-state index < -0.39 is 36.5 Å². The van der Waals surface area contributed by atoms with E-state index in [9.17, 15) is 27.6 Å². The molecular weight excluding hydrogens is 441 g/mol. The predicted octanol–water partition coefficient (Wildman–Crippen LogP) is 3.86. The highest BCUT2D eigenvalue weighted by atomic mass is 19.4. The highest BCUT2D eigenvalue weighted by Crippen LogP contribution is 2.23. The molecule has 2 amide bonds. The van der Waals surface area contributed by atoms with E-state index in [0.717, 1.165) is 34.2 Å². The number of halogens is 3. The van der Waals surface area contributed by atoms with Gasteiger partial charge < -0.3 is 19.7 Å². The second-order valence-corrected chi connectivity index (χ2v) is 7.12. The van der Waals surface area contributed by atoms with E-state index in [1.54, 1.807) is 0 Å². The Hall–Kier alpha value is -3.82. The largest absolute Gasteiger partial charge is 0.573 e. The number of alkyl halides is 3. The van der Waals surface area contributed by atoms with Crippen LogP contribution in [0.3, 0.4) is 0 Å². The first-order chi connectivity index (χ1) is 15.4. The van der Waals surface area contributed by atoms with E-state index >= 15 is 0 Å². The Morgan fingerprint density at radius 1 is 1.03 bits per heavy atom. The zero-order valence-electron chi connectivity index (χ0n) is 18.2. The fraction of sp³-hybridized carbons (Fsp3) is 0.261. The van der Waals surface area contributed by atoms with Crippen LogP contribution in [-0.4, -0.2) is 49.2 Å². The van der Waals surface area contributed by atoms with Gasteiger partial charge in [0.1, 0.15) is 5.75 Å². The molecule has 2 rings (SSSR count). The van der Waals surface area contributed by atoms with Crippen molar-refractivity contribution in [1.29, 1.82) is 0 Å². The SMILES string of the molecule is Cc1cccc(C)c1NC(=O)CN(C)C(=O)COC(=O)/C=C/c1ccc(OC(F)(F)F)cc1.